The fraction of sp³-hybridized carbons (Fsp3) is 0.357. The number of carbonyl (C=O) groups is 1. The molecular weight excluding hydrogens is 404 g/mol. The second-order valence-corrected chi connectivity index (χ2v) is 7.76. The van der Waals surface area contributed by atoms with E-state index in [1.807, 2.05) is 35.3 Å². The fourth-order valence-corrected chi connectivity index (χ4v) is 3.92. The van der Waals surface area contributed by atoms with Crippen LogP contribution in [0.2, 0.25) is 0 Å². The van der Waals surface area contributed by atoms with Crippen LogP contribution in [0.3, 0.4) is 0 Å². The second-order valence-electron chi connectivity index (χ2n) is 4.94. The Hall–Kier alpha value is -0.590. The number of halogens is 2. The Morgan fingerprint density at radius 2 is 2.05 bits per heavy atom. The van der Waals surface area contributed by atoms with E-state index in [2.05, 4.69) is 45.7 Å². The first-order chi connectivity index (χ1) is 9.38. The van der Waals surface area contributed by atoms with Gasteiger partial charge in [-0.05, 0) is 57.8 Å². The summed E-state index contributed by atoms with van der Waals surface area (Å²) in [4.78, 5) is 15.5. The summed E-state index contributed by atoms with van der Waals surface area (Å²) < 4.78 is 3.99. The van der Waals surface area contributed by atoms with Gasteiger partial charge in [0.25, 0.3) is 5.91 Å². The molecular formula is C14H16Br2N2OS. The van der Waals surface area contributed by atoms with Gasteiger partial charge in [-0.25, -0.2) is 0 Å². The Morgan fingerprint density at radius 3 is 2.60 bits per heavy atom. The maximum Gasteiger partial charge on any atom is 0.270 e. The highest BCUT2D eigenvalue weighted by molar-refractivity contribution is 9.10. The van der Waals surface area contributed by atoms with Crippen LogP contribution in [0.1, 0.15) is 35.3 Å². The molecule has 0 fully saturated rings. The number of amides is 1. The molecule has 0 radical (unpaired) electrons. The van der Waals surface area contributed by atoms with Gasteiger partial charge in [-0.3, -0.25) is 4.79 Å². The highest BCUT2D eigenvalue weighted by atomic mass is 79.9. The Labute approximate surface area is 139 Å². The van der Waals surface area contributed by atoms with Crippen molar-refractivity contribution in [3.8, 4) is 0 Å². The van der Waals surface area contributed by atoms with Crippen LogP contribution in [0.5, 0.6) is 0 Å². The Bertz CT molecular complexity index is 618. The summed E-state index contributed by atoms with van der Waals surface area (Å²) in [5.74, 6) is 0.0360. The maximum absolute atomic E-state index is 12.6. The van der Waals surface area contributed by atoms with Crippen molar-refractivity contribution < 1.29 is 4.79 Å². The van der Waals surface area contributed by atoms with Crippen molar-refractivity contribution in [3.05, 3.63) is 43.2 Å². The minimum atomic E-state index is 0.0360. The van der Waals surface area contributed by atoms with Crippen molar-refractivity contribution in [2.45, 2.75) is 26.4 Å². The van der Waals surface area contributed by atoms with Gasteiger partial charge in [0.05, 0.1) is 6.54 Å². The van der Waals surface area contributed by atoms with Gasteiger partial charge in [0.2, 0.25) is 0 Å². The molecule has 0 aliphatic carbocycles. The third kappa shape index (κ3) is 3.54. The van der Waals surface area contributed by atoms with Gasteiger partial charge >= 0.3 is 0 Å². The predicted molar refractivity (Wildman–Crippen MR) is 90.3 cm³/mol. The third-order valence-corrected chi connectivity index (χ3v) is 5.07. The number of rotatable bonds is 4. The van der Waals surface area contributed by atoms with Gasteiger partial charge < -0.3 is 9.47 Å². The van der Waals surface area contributed by atoms with E-state index in [9.17, 15) is 4.79 Å². The number of thiophene rings is 1. The Kier molecular flexibility index (Phi) is 5.09. The molecule has 6 heteroatoms. The summed E-state index contributed by atoms with van der Waals surface area (Å²) in [7, 11) is 1.83. The summed E-state index contributed by atoms with van der Waals surface area (Å²) in [5.41, 5.74) is 0.713. The zero-order valence-electron chi connectivity index (χ0n) is 11.6. The van der Waals surface area contributed by atoms with E-state index in [-0.39, 0.29) is 11.9 Å². The molecule has 0 bridgehead atoms. The standard InChI is InChI=1S/C14H16Br2N2OS/c1-9(2)18-6-10(15)5-13(18)14(19)17(3)7-12-4-11(16)8-20-12/h4-6,8-9H,7H2,1-3H3. The average molecular weight is 420 g/mol. The summed E-state index contributed by atoms with van der Waals surface area (Å²) in [5, 5.41) is 2.03. The molecule has 3 nitrogen and oxygen atoms in total. The quantitative estimate of drug-likeness (QED) is 0.689. The van der Waals surface area contributed by atoms with Gasteiger partial charge in [-0.1, -0.05) is 0 Å². The number of nitrogens with zero attached hydrogens (tertiary/aromatic N) is 2. The molecule has 1 amide bonds. The van der Waals surface area contributed by atoms with Crippen molar-refractivity contribution in [1.82, 2.24) is 9.47 Å². The van der Waals surface area contributed by atoms with Crippen molar-refractivity contribution >= 4 is 49.1 Å². The van der Waals surface area contributed by atoms with E-state index < -0.39 is 0 Å². The lowest BCUT2D eigenvalue weighted by atomic mass is 10.3. The van der Waals surface area contributed by atoms with Crippen LogP contribution in [-0.2, 0) is 6.54 Å². The van der Waals surface area contributed by atoms with Crippen LogP contribution in [0.4, 0.5) is 0 Å². The molecule has 2 aromatic heterocycles. The minimum absolute atomic E-state index is 0.0360. The molecule has 0 atom stereocenters. The van der Waals surface area contributed by atoms with Gasteiger partial charge in [0.1, 0.15) is 5.69 Å². The predicted octanol–water partition coefficient (Wildman–Crippen LogP) is 4.93. The minimum Gasteiger partial charge on any atom is -0.340 e. The number of hydrogen-bond donors (Lipinski definition) is 0. The van der Waals surface area contributed by atoms with E-state index in [1.165, 1.54) is 0 Å². The summed E-state index contributed by atoms with van der Waals surface area (Å²) in [6.07, 6.45) is 1.95. The molecule has 0 saturated carbocycles. The van der Waals surface area contributed by atoms with Gasteiger partial charge in [0, 0.05) is 38.5 Å². The maximum atomic E-state index is 12.6. The zero-order chi connectivity index (χ0) is 14.9. The van der Waals surface area contributed by atoms with E-state index in [1.54, 1.807) is 16.2 Å². The first-order valence-electron chi connectivity index (χ1n) is 6.24. The van der Waals surface area contributed by atoms with Crippen LogP contribution in [0.25, 0.3) is 0 Å². The number of carbonyl (C=O) groups excluding carboxylic acids is 1. The average Bonchev–Trinajstić information content (AvgIpc) is 2.94. The third-order valence-electron chi connectivity index (χ3n) is 2.95. The largest absolute Gasteiger partial charge is 0.340 e. The molecule has 2 heterocycles. The van der Waals surface area contributed by atoms with Gasteiger partial charge in [-0.15, -0.1) is 11.3 Å². The fourth-order valence-electron chi connectivity index (χ4n) is 1.98. The lowest BCUT2D eigenvalue weighted by Crippen LogP contribution is -2.28. The molecule has 0 unspecified atom stereocenters. The van der Waals surface area contributed by atoms with Crippen LogP contribution >= 0.6 is 43.2 Å². The van der Waals surface area contributed by atoms with Gasteiger partial charge in [0.15, 0.2) is 0 Å². The van der Waals surface area contributed by atoms with Crippen molar-refractivity contribution in [1.29, 1.82) is 0 Å². The first kappa shape index (κ1) is 15.8. The second kappa shape index (κ2) is 6.45. The molecule has 108 valence electrons. The molecule has 0 aliphatic heterocycles. The molecule has 0 spiro atoms. The lowest BCUT2D eigenvalue weighted by Gasteiger charge is -2.19. The Balaban J connectivity index is 2.18. The first-order valence-corrected chi connectivity index (χ1v) is 8.70. The van der Waals surface area contributed by atoms with Crippen LogP contribution in [-0.4, -0.2) is 22.4 Å². The molecule has 0 N–H and O–H groups in total. The summed E-state index contributed by atoms with van der Waals surface area (Å²) in [6.45, 7) is 4.76. The molecule has 0 aromatic carbocycles. The van der Waals surface area contributed by atoms with Crippen molar-refractivity contribution in [2.24, 2.45) is 0 Å². The van der Waals surface area contributed by atoms with Gasteiger partial charge in [-0.2, -0.15) is 0 Å². The van der Waals surface area contributed by atoms with E-state index in [0.29, 0.717) is 12.2 Å². The topological polar surface area (TPSA) is 25.2 Å². The summed E-state index contributed by atoms with van der Waals surface area (Å²) in [6, 6.07) is 4.18. The monoisotopic (exact) mass is 418 g/mol. The molecule has 2 aromatic rings. The highest BCUT2D eigenvalue weighted by Gasteiger charge is 2.19. The van der Waals surface area contributed by atoms with E-state index in [0.717, 1.165) is 13.8 Å². The zero-order valence-corrected chi connectivity index (χ0v) is 15.5. The van der Waals surface area contributed by atoms with E-state index >= 15 is 0 Å². The molecule has 20 heavy (non-hydrogen) atoms. The van der Waals surface area contributed by atoms with Crippen molar-refractivity contribution in [3.63, 3.8) is 0 Å². The summed E-state index contributed by atoms with van der Waals surface area (Å²) >= 11 is 8.53. The van der Waals surface area contributed by atoms with E-state index in [4.69, 9.17) is 0 Å². The number of aromatic nitrogens is 1. The highest BCUT2D eigenvalue weighted by Crippen LogP contribution is 2.23. The molecule has 0 saturated heterocycles. The van der Waals surface area contributed by atoms with Crippen LogP contribution in [0, 0.1) is 0 Å². The molecule has 0 aliphatic rings. The molecule has 2 rings (SSSR count). The van der Waals surface area contributed by atoms with Crippen LogP contribution < -0.4 is 0 Å². The SMILES string of the molecule is CC(C)n1cc(Br)cc1C(=O)N(C)Cc1cc(Br)cs1. The lowest BCUT2D eigenvalue weighted by molar-refractivity contribution is 0.0774. The van der Waals surface area contributed by atoms with Crippen LogP contribution in [0.15, 0.2) is 32.7 Å². The normalized spacial score (nSPS) is 11.1. The van der Waals surface area contributed by atoms with Crippen molar-refractivity contribution in [2.75, 3.05) is 7.05 Å². The smallest absolute Gasteiger partial charge is 0.270 e. The number of hydrogen-bond acceptors (Lipinski definition) is 2. The Morgan fingerprint density at radius 1 is 1.35 bits per heavy atom.